The molecule has 0 amide bonds. The normalized spacial score (nSPS) is 11.1. The monoisotopic (exact) mass is 221 g/mol. The molecular formula is C11H15N3S. The summed E-state index contributed by atoms with van der Waals surface area (Å²) >= 11 is 1.70. The van der Waals surface area contributed by atoms with Gasteiger partial charge in [-0.2, -0.15) is 11.3 Å². The van der Waals surface area contributed by atoms with E-state index in [-0.39, 0.29) is 0 Å². The topological polar surface area (TPSA) is 40.7 Å². The first-order valence-electron chi connectivity index (χ1n) is 5.05. The number of aromatic amines is 1. The fourth-order valence-electron chi connectivity index (χ4n) is 1.32. The molecule has 0 aromatic carbocycles. The molecule has 0 bridgehead atoms. The predicted octanol–water partition coefficient (Wildman–Crippen LogP) is 2.64. The van der Waals surface area contributed by atoms with E-state index in [0.717, 1.165) is 18.1 Å². The van der Waals surface area contributed by atoms with Gasteiger partial charge in [-0.25, -0.2) is 4.98 Å². The molecule has 2 heterocycles. The number of thiophene rings is 1. The molecule has 0 unspecified atom stereocenters. The fraction of sp³-hybridized carbons (Fsp3) is 0.364. The molecule has 0 atom stereocenters. The molecular weight excluding hydrogens is 206 g/mol. The van der Waals surface area contributed by atoms with Crippen LogP contribution in [0.1, 0.15) is 19.7 Å². The Morgan fingerprint density at radius 3 is 3.07 bits per heavy atom. The van der Waals surface area contributed by atoms with Crippen molar-refractivity contribution >= 4 is 11.3 Å². The van der Waals surface area contributed by atoms with Crippen LogP contribution >= 0.6 is 11.3 Å². The molecule has 3 nitrogen and oxygen atoms in total. The second kappa shape index (κ2) is 4.59. The molecule has 0 aliphatic heterocycles. The lowest BCUT2D eigenvalue weighted by Crippen LogP contribution is -2.22. The highest BCUT2D eigenvalue weighted by atomic mass is 32.1. The third-order valence-electron chi connectivity index (χ3n) is 2.14. The Balaban J connectivity index is 2.04. The van der Waals surface area contributed by atoms with E-state index < -0.39 is 0 Å². The molecule has 0 spiro atoms. The van der Waals surface area contributed by atoms with Crippen molar-refractivity contribution in [2.75, 3.05) is 0 Å². The third kappa shape index (κ3) is 2.67. The van der Waals surface area contributed by atoms with Crippen LogP contribution in [0.5, 0.6) is 0 Å². The Labute approximate surface area is 93.6 Å². The summed E-state index contributed by atoms with van der Waals surface area (Å²) in [5, 5.41) is 7.52. The molecule has 0 fully saturated rings. The Bertz CT molecular complexity index is 403. The zero-order valence-corrected chi connectivity index (χ0v) is 9.77. The lowest BCUT2D eigenvalue weighted by atomic mass is 10.3. The van der Waals surface area contributed by atoms with Gasteiger partial charge in [0.15, 0.2) is 0 Å². The minimum atomic E-state index is 0.486. The average molecular weight is 221 g/mol. The zero-order chi connectivity index (χ0) is 10.7. The van der Waals surface area contributed by atoms with Crippen molar-refractivity contribution in [2.45, 2.75) is 26.4 Å². The van der Waals surface area contributed by atoms with Gasteiger partial charge in [0.2, 0.25) is 0 Å². The summed E-state index contributed by atoms with van der Waals surface area (Å²) in [6, 6.07) is 2.58. The lowest BCUT2D eigenvalue weighted by molar-refractivity contribution is 0.575. The van der Waals surface area contributed by atoms with Crippen LogP contribution < -0.4 is 5.32 Å². The first-order valence-corrected chi connectivity index (χ1v) is 6.00. The summed E-state index contributed by atoms with van der Waals surface area (Å²) in [6.45, 7) is 5.05. The van der Waals surface area contributed by atoms with E-state index in [4.69, 9.17) is 0 Å². The number of rotatable bonds is 4. The molecule has 2 N–H and O–H groups in total. The second-order valence-electron chi connectivity index (χ2n) is 3.79. The highest BCUT2D eigenvalue weighted by molar-refractivity contribution is 7.08. The van der Waals surface area contributed by atoms with Crippen LogP contribution in [0.3, 0.4) is 0 Å². The zero-order valence-electron chi connectivity index (χ0n) is 8.95. The van der Waals surface area contributed by atoms with Crippen LogP contribution in [-0.4, -0.2) is 16.0 Å². The summed E-state index contributed by atoms with van der Waals surface area (Å²) in [5.41, 5.74) is 2.31. The molecule has 0 saturated carbocycles. The average Bonchev–Trinajstić information content (AvgIpc) is 2.85. The summed E-state index contributed by atoms with van der Waals surface area (Å²) in [7, 11) is 0. The Morgan fingerprint density at radius 1 is 1.53 bits per heavy atom. The molecule has 0 radical (unpaired) electrons. The van der Waals surface area contributed by atoms with E-state index in [1.165, 1.54) is 5.56 Å². The predicted molar refractivity (Wildman–Crippen MR) is 63.9 cm³/mol. The van der Waals surface area contributed by atoms with Gasteiger partial charge in [-0.3, -0.25) is 0 Å². The maximum Gasteiger partial charge on any atom is 0.120 e. The first-order chi connectivity index (χ1) is 7.25. The first kappa shape index (κ1) is 10.4. The largest absolute Gasteiger partial charge is 0.341 e. The van der Waals surface area contributed by atoms with E-state index in [1.54, 1.807) is 11.3 Å². The Morgan fingerprint density at radius 2 is 2.40 bits per heavy atom. The maximum atomic E-state index is 4.33. The number of hydrogen-bond acceptors (Lipinski definition) is 3. The summed E-state index contributed by atoms with van der Waals surface area (Å²) in [6.07, 6.45) is 1.89. The second-order valence-corrected chi connectivity index (χ2v) is 4.57. The van der Waals surface area contributed by atoms with Crippen LogP contribution in [-0.2, 0) is 6.54 Å². The summed E-state index contributed by atoms with van der Waals surface area (Å²) in [5.74, 6) is 0.991. The van der Waals surface area contributed by atoms with Crippen molar-refractivity contribution in [1.82, 2.24) is 15.3 Å². The lowest BCUT2D eigenvalue weighted by Gasteiger charge is -2.04. The van der Waals surface area contributed by atoms with E-state index in [9.17, 15) is 0 Å². The quantitative estimate of drug-likeness (QED) is 0.833. The minimum Gasteiger partial charge on any atom is -0.341 e. The molecule has 0 aliphatic rings. The summed E-state index contributed by atoms with van der Waals surface area (Å²) < 4.78 is 0. The van der Waals surface area contributed by atoms with E-state index >= 15 is 0 Å². The Hall–Kier alpha value is -1.13. The maximum absolute atomic E-state index is 4.33. The van der Waals surface area contributed by atoms with E-state index in [0.29, 0.717) is 6.04 Å². The van der Waals surface area contributed by atoms with Gasteiger partial charge < -0.3 is 10.3 Å². The van der Waals surface area contributed by atoms with Crippen molar-refractivity contribution in [2.24, 2.45) is 0 Å². The van der Waals surface area contributed by atoms with Crippen molar-refractivity contribution < 1.29 is 0 Å². The van der Waals surface area contributed by atoms with Gasteiger partial charge in [-0.15, -0.1) is 0 Å². The molecule has 80 valence electrons. The number of nitrogens with one attached hydrogen (secondary N) is 2. The highest BCUT2D eigenvalue weighted by Crippen LogP contribution is 2.19. The SMILES string of the molecule is CC(C)NCc1ncc(-c2ccsc2)[nH]1. The Kier molecular flexibility index (Phi) is 3.18. The van der Waals surface area contributed by atoms with Gasteiger partial charge in [-0.05, 0) is 11.4 Å². The molecule has 0 saturated heterocycles. The van der Waals surface area contributed by atoms with Gasteiger partial charge in [0, 0.05) is 17.0 Å². The molecule has 0 aliphatic carbocycles. The van der Waals surface area contributed by atoms with Crippen LogP contribution in [0.2, 0.25) is 0 Å². The number of nitrogens with zero attached hydrogens (tertiary/aromatic N) is 1. The van der Waals surface area contributed by atoms with Gasteiger partial charge in [0.25, 0.3) is 0 Å². The van der Waals surface area contributed by atoms with Crippen molar-refractivity contribution in [3.05, 3.63) is 28.8 Å². The smallest absolute Gasteiger partial charge is 0.120 e. The minimum absolute atomic E-state index is 0.486. The van der Waals surface area contributed by atoms with Crippen LogP contribution in [0, 0.1) is 0 Å². The van der Waals surface area contributed by atoms with Crippen molar-refractivity contribution in [3.8, 4) is 11.3 Å². The number of aromatic nitrogens is 2. The number of imidazole rings is 1. The fourth-order valence-corrected chi connectivity index (χ4v) is 1.97. The van der Waals surface area contributed by atoms with Crippen LogP contribution in [0.25, 0.3) is 11.3 Å². The van der Waals surface area contributed by atoms with Gasteiger partial charge in [0.1, 0.15) is 5.82 Å². The molecule has 2 aromatic heterocycles. The summed E-state index contributed by atoms with van der Waals surface area (Å²) in [4.78, 5) is 7.63. The van der Waals surface area contributed by atoms with Crippen LogP contribution in [0.4, 0.5) is 0 Å². The molecule has 2 aromatic rings. The van der Waals surface area contributed by atoms with E-state index in [1.807, 2.05) is 6.20 Å². The highest BCUT2D eigenvalue weighted by Gasteiger charge is 2.03. The van der Waals surface area contributed by atoms with Gasteiger partial charge >= 0.3 is 0 Å². The van der Waals surface area contributed by atoms with Crippen LogP contribution in [0.15, 0.2) is 23.0 Å². The molecule has 4 heteroatoms. The van der Waals surface area contributed by atoms with Crippen molar-refractivity contribution in [1.29, 1.82) is 0 Å². The number of H-pyrrole nitrogens is 1. The molecule has 2 rings (SSSR count). The third-order valence-corrected chi connectivity index (χ3v) is 2.82. The number of hydrogen-bond donors (Lipinski definition) is 2. The van der Waals surface area contributed by atoms with E-state index in [2.05, 4.69) is 46.0 Å². The van der Waals surface area contributed by atoms with Gasteiger partial charge in [-0.1, -0.05) is 13.8 Å². The molecule has 15 heavy (non-hydrogen) atoms. The standard InChI is InChI=1S/C11H15N3S/c1-8(2)12-6-11-13-5-10(14-11)9-3-4-15-7-9/h3-5,7-8,12H,6H2,1-2H3,(H,13,14). The van der Waals surface area contributed by atoms with Crippen molar-refractivity contribution in [3.63, 3.8) is 0 Å². The van der Waals surface area contributed by atoms with Gasteiger partial charge in [0.05, 0.1) is 18.4 Å².